The van der Waals surface area contributed by atoms with Gasteiger partial charge in [-0.3, -0.25) is 23.6 Å². The fourth-order valence-corrected chi connectivity index (χ4v) is 12.3. The highest BCUT2D eigenvalue weighted by Crippen LogP contribution is 2.67. The summed E-state index contributed by atoms with van der Waals surface area (Å²) in [5.41, 5.74) is 6.03. The smallest absolute Gasteiger partial charge is 0.387 e. The van der Waals surface area contributed by atoms with Crippen molar-refractivity contribution in [2.24, 2.45) is 0 Å². The molecule has 390 valence electrons. The van der Waals surface area contributed by atoms with Gasteiger partial charge in [0.15, 0.2) is 17.7 Å². The van der Waals surface area contributed by atoms with Crippen molar-refractivity contribution in [3.05, 3.63) is 12.7 Å². The molecule has 0 saturated carbocycles. The van der Waals surface area contributed by atoms with Crippen LogP contribution in [0.1, 0.15) is 99.1 Å². The van der Waals surface area contributed by atoms with Gasteiger partial charge in [-0.15, -0.1) is 0 Å². The average molecular weight is 1050 g/mol. The molecule has 10 N–H and O–H groups in total. The second-order valence-corrected chi connectivity index (χ2v) is 21.6. The highest BCUT2D eigenvalue weighted by atomic mass is 32.2. The number of hydrogen-bond donors (Lipinski definition) is 9. The van der Waals surface area contributed by atoms with Crippen molar-refractivity contribution in [1.29, 1.82) is 0 Å². The first-order valence-corrected chi connectivity index (χ1v) is 28.3. The minimum absolute atomic E-state index is 0.0218. The minimum atomic E-state index is -5.92. The fourth-order valence-electron chi connectivity index (χ4n) is 7.31. The van der Waals surface area contributed by atoms with Crippen molar-refractivity contribution >= 4 is 70.1 Å². The SMILES string of the molecule is CCN(CC)CC.CCN(CC)CC.Nc1ncnc2c1ncn2C1OC(COP(=O)(O)OP(=O)(O)OP(=O)(O)OC(=O)CCCCCNC(=O)CCCC[C@@H]2SCC3NC(=O)NC32)C(O)C1O. The molecule has 2 aromatic rings. The van der Waals surface area contributed by atoms with E-state index in [0.29, 0.717) is 37.5 Å². The lowest BCUT2D eigenvalue weighted by atomic mass is 10.0. The van der Waals surface area contributed by atoms with Crippen LogP contribution in [0, 0.1) is 0 Å². The summed E-state index contributed by atoms with van der Waals surface area (Å²) in [6.07, 6.45) is -0.565. The van der Waals surface area contributed by atoms with Crippen LogP contribution in [-0.4, -0.2) is 166 Å². The number of fused-ring (bicyclic) bond motifs is 2. The van der Waals surface area contributed by atoms with Crippen molar-refractivity contribution in [2.75, 3.05) is 63.9 Å². The Morgan fingerprint density at radius 2 is 1.47 bits per heavy atom. The molecule has 5 heterocycles. The number of imidazole rings is 1. The number of urea groups is 1. The molecule has 68 heavy (non-hydrogen) atoms. The van der Waals surface area contributed by atoms with Crippen LogP contribution in [0.2, 0.25) is 0 Å². The summed E-state index contributed by atoms with van der Waals surface area (Å²) in [5.74, 6) is -0.541. The lowest BCUT2D eigenvalue weighted by molar-refractivity contribution is -0.135. The van der Waals surface area contributed by atoms with Crippen LogP contribution in [0.15, 0.2) is 12.7 Å². The maximum Gasteiger partial charge on any atom is 0.538 e. The first-order valence-electron chi connectivity index (χ1n) is 22.8. The summed E-state index contributed by atoms with van der Waals surface area (Å²) in [7, 11) is -17.2. The number of unbranched alkanes of at least 4 members (excludes halogenated alkanes) is 3. The second kappa shape index (κ2) is 28.9. The highest BCUT2D eigenvalue weighted by Gasteiger charge is 2.48. The number of carbonyl (C=O) groups excluding carboxylic acids is 3. The van der Waals surface area contributed by atoms with Crippen LogP contribution in [0.25, 0.3) is 11.2 Å². The number of phosphoric acid groups is 3. The number of aliphatic hydroxyl groups excluding tert-OH is 2. The van der Waals surface area contributed by atoms with Gasteiger partial charge in [-0.25, -0.2) is 33.4 Å². The zero-order valence-electron chi connectivity index (χ0n) is 39.5. The number of rotatable bonds is 26. The molecule has 30 heteroatoms. The number of nitrogen functional groups attached to an aromatic ring is 1. The quantitative estimate of drug-likeness (QED) is 0.0371. The monoisotopic (exact) mass is 1050 g/mol. The Morgan fingerprint density at radius 3 is 2.09 bits per heavy atom. The van der Waals surface area contributed by atoms with E-state index in [1.807, 2.05) is 11.8 Å². The maximum atomic E-state index is 12.4. The molecule has 3 amide bonds. The van der Waals surface area contributed by atoms with E-state index in [1.165, 1.54) is 50.2 Å². The number of carbonyl (C=O) groups is 3. The van der Waals surface area contributed by atoms with Gasteiger partial charge in [0, 0.05) is 30.4 Å². The van der Waals surface area contributed by atoms with Crippen molar-refractivity contribution in [3.63, 3.8) is 0 Å². The number of amides is 3. The van der Waals surface area contributed by atoms with Crippen LogP contribution >= 0.6 is 35.2 Å². The second-order valence-electron chi connectivity index (χ2n) is 15.7. The Bertz CT molecular complexity index is 2020. The van der Waals surface area contributed by atoms with Crippen LogP contribution in [0.3, 0.4) is 0 Å². The van der Waals surface area contributed by atoms with Crippen molar-refractivity contribution in [3.8, 4) is 0 Å². The van der Waals surface area contributed by atoms with Gasteiger partial charge in [0.1, 0.15) is 30.2 Å². The van der Waals surface area contributed by atoms with Crippen molar-refractivity contribution in [2.45, 2.75) is 135 Å². The Kier molecular flexibility index (Phi) is 25.2. The molecule has 0 radical (unpaired) electrons. The molecule has 9 unspecified atom stereocenters. The van der Waals surface area contributed by atoms with Crippen LogP contribution in [-0.2, 0) is 45.7 Å². The maximum absolute atomic E-state index is 12.4. The third-order valence-electron chi connectivity index (χ3n) is 11.2. The van der Waals surface area contributed by atoms with Crippen LogP contribution in [0.5, 0.6) is 0 Å². The third-order valence-corrected chi connectivity index (χ3v) is 16.9. The Labute approximate surface area is 401 Å². The summed E-state index contributed by atoms with van der Waals surface area (Å²) in [4.78, 5) is 81.7. The van der Waals surface area contributed by atoms with Crippen LogP contribution < -0.4 is 21.7 Å². The zero-order valence-corrected chi connectivity index (χ0v) is 43.0. The average Bonchev–Trinajstić information content (AvgIpc) is 4.04. The van der Waals surface area contributed by atoms with E-state index in [2.05, 4.69) is 99.9 Å². The van der Waals surface area contributed by atoms with E-state index in [9.17, 15) is 53.0 Å². The molecule has 2 aromatic heterocycles. The molecule has 3 aliphatic heterocycles. The topological polar surface area (TPSA) is 362 Å². The summed E-state index contributed by atoms with van der Waals surface area (Å²) in [6.45, 7) is 19.6. The number of nitrogens with zero attached hydrogens (tertiary/aromatic N) is 6. The van der Waals surface area contributed by atoms with E-state index in [1.54, 1.807) is 0 Å². The van der Waals surface area contributed by atoms with Crippen molar-refractivity contribution in [1.82, 2.24) is 45.3 Å². The molecule has 3 fully saturated rings. The number of aliphatic hydroxyl groups is 2. The number of anilines is 1. The lowest BCUT2D eigenvalue weighted by Gasteiger charge is -2.20. The van der Waals surface area contributed by atoms with Gasteiger partial charge in [0.25, 0.3) is 0 Å². The number of nitrogens with one attached hydrogen (secondary N) is 3. The normalized spacial score (nSPS) is 24.7. The summed E-state index contributed by atoms with van der Waals surface area (Å²) in [5, 5.41) is 29.8. The predicted molar refractivity (Wildman–Crippen MR) is 252 cm³/mol. The number of phosphoric ester groups is 2. The van der Waals surface area contributed by atoms with Gasteiger partial charge < -0.3 is 60.7 Å². The van der Waals surface area contributed by atoms with Crippen molar-refractivity contribution < 1.29 is 75.4 Å². The number of aromatic nitrogens is 4. The zero-order chi connectivity index (χ0) is 50.7. The summed E-state index contributed by atoms with van der Waals surface area (Å²) < 4.78 is 60.3. The first kappa shape index (κ1) is 59.5. The van der Waals surface area contributed by atoms with E-state index >= 15 is 0 Å². The van der Waals surface area contributed by atoms with Gasteiger partial charge in [-0.1, -0.05) is 54.4 Å². The molecule has 0 spiro atoms. The molecule has 0 aliphatic carbocycles. The number of nitrogens with two attached hydrogens (primary N) is 1. The van der Waals surface area contributed by atoms with E-state index in [0.717, 1.165) is 24.9 Å². The summed E-state index contributed by atoms with van der Waals surface area (Å²) >= 11 is 1.81. The minimum Gasteiger partial charge on any atom is -0.387 e. The van der Waals surface area contributed by atoms with E-state index in [-0.39, 0.29) is 47.4 Å². The van der Waals surface area contributed by atoms with Gasteiger partial charge in [0.2, 0.25) is 5.91 Å². The molecule has 0 bridgehead atoms. The lowest BCUT2D eigenvalue weighted by Crippen LogP contribution is -2.36. The molecule has 3 aliphatic rings. The molecule has 0 aromatic carbocycles. The Hall–Kier alpha value is -2.84. The van der Waals surface area contributed by atoms with Crippen LogP contribution in [0.4, 0.5) is 10.6 Å². The molecule has 5 rings (SSSR count). The molecular weight excluding hydrogens is 977 g/mol. The standard InChI is InChI=1S/C26H41N8O16P3S.2C6H15N/c27-23-20-24(30-12-29-23)34(13-31-20)25-22(38)21(37)15(47-25)10-46-51(40,41)49-53(44,45)50-52(42,43)48-18(36)8-2-1-5-9-28-17(35)7-4-3-6-16-19-14(11-54-16)32-26(39)33-19;2*1-4-7(5-2)6-3/h12-16,19,21-22,25,37-38H,1-11H2,(H,28,35)(H,40,41)(H,42,43)(H,44,45)(H2,27,29,30)(H2,32,33,39);2*4-6H2,1-3H3/t14?,15?,16-,19?,21?,22?,25?;;/m0../s1. The van der Waals surface area contributed by atoms with Gasteiger partial charge in [0.05, 0.1) is 25.0 Å². The molecule has 26 nitrogen and oxygen atoms in total. The fraction of sp³-hybridized carbons (Fsp3) is 0.789. The van der Waals surface area contributed by atoms with Gasteiger partial charge in [-0.2, -0.15) is 20.4 Å². The number of ether oxygens (including phenoxy) is 1. The first-order chi connectivity index (χ1) is 32.1. The molecule has 3 saturated heterocycles. The summed E-state index contributed by atoms with van der Waals surface area (Å²) in [6, 6.07) is 0.125. The predicted octanol–water partition coefficient (Wildman–Crippen LogP) is 3.02. The Balaban J connectivity index is 0.000000759. The van der Waals surface area contributed by atoms with E-state index < -0.39 is 67.0 Å². The van der Waals surface area contributed by atoms with Gasteiger partial charge in [-0.05, 0) is 65.0 Å². The number of thioether (sulfide) groups is 1. The molecule has 10 atom stereocenters. The van der Waals surface area contributed by atoms with E-state index in [4.69, 9.17) is 10.5 Å². The molecular formula is C38H71N10O16P3S. The highest BCUT2D eigenvalue weighted by molar-refractivity contribution is 8.00. The third kappa shape index (κ3) is 19.4. The largest absolute Gasteiger partial charge is 0.538 e. The number of hydrogen-bond acceptors (Lipinski definition) is 20. The van der Waals surface area contributed by atoms with Gasteiger partial charge >= 0.3 is 35.5 Å². The Morgan fingerprint density at radius 1 is 0.853 bits per heavy atom.